The van der Waals surface area contributed by atoms with Gasteiger partial charge in [0.25, 0.3) is 0 Å². The van der Waals surface area contributed by atoms with E-state index in [1.54, 1.807) is 0 Å². The molecule has 0 aromatic heterocycles. The van der Waals surface area contributed by atoms with Crippen LogP contribution in [0.5, 0.6) is 0 Å². The van der Waals surface area contributed by atoms with Gasteiger partial charge >= 0.3 is 5.97 Å². The molecule has 3 unspecified atom stereocenters. The van der Waals surface area contributed by atoms with Crippen molar-refractivity contribution in [2.24, 2.45) is 17.2 Å². The van der Waals surface area contributed by atoms with Crippen LogP contribution in [0.25, 0.3) is 0 Å². The molecule has 0 spiro atoms. The zero-order valence-electron chi connectivity index (χ0n) is 15.3. The van der Waals surface area contributed by atoms with Gasteiger partial charge in [-0.2, -0.15) is 0 Å². The minimum Gasteiger partial charge on any atom is -0.480 e. The van der Waals surface area contributed by atoms with Gasteiger partial charge in [0.05, 0.1) is 13.0 Å². The summed E-state index contributed by atoms with van der Waals surface area (Å²) in [4.78, 5) is 58.1. The van der Waals surface area contributed by atoms with Crippen LogP contribution >= 0.6 is 0 Å². The Morgan fingerprint density at radius 1 is 0.929 bits per heavy atom. The third-order valence-electron chi connectivity index (χ3n) is 3.57. The van der Waals surface area contributed by atoms with E-state index in [2.05, 4.69) is 10.6 Å². The number of rotatable bonds is 14. The second-order valence-corrected chi connectivity index (χ2v) is 5.98. The minimum absolute atomic E-state index is 0.160. The summed E-state index contributed by atoms with van der Waals surface area (Å²) in [5.41, 5.74) is 15.9. The van der Waals surface area contributed by atoms with E-state index < -0.39 is 67.3 Å². The van der Waals surface area contributed by atoms with Gasteiger partial charge in [0.15, 0.2) is 0 Å². The third kappa shape index (κ3) is 10.4. The first kappa shape index (κ1) is 25.2. The van der Waals surface area contributed by atoms with E-state index in [1.807, 2.05) is 5.32 Å². The predicted molar refractivity (Wildman–Crippen MR) is 96.3 cm³/mol. The Morgan fingerprint density at radius 3 is 2.04 bits per heavy atom. The van der Waals surface area contributed by atoms with E-state index >= 15 is 0 Å². The quantitative estimate of drug-likeness (QED) is 0.130. The zero-order valence-corrected chi connectivity index (χ0v) is 15.3. The monoisotopic (exact) mass is 404 g/mol. The average Bonchev–Trinajstić information content (AvgIpc) is 2.63. The fourth-order valence-electron chi connectivity index (χ4n) is 2.09. The van der Waals surface area contributed by atoms with Crippen LogP contribution in [-0.4, -0.2) is 77.6 Å². The molecular formula is C15H28N6O7. The number of primary amides is 1. The number of nitrogens with two attached hydrogens (primary N) is 3. The number of carboxylic acids is 1. The van der Waals surface area contributed by atoms with Gasteiger partial charge in [-0.05, 0) is 25.8 Å². The molecule has 4 amide bonds. The first-order chi connectivity index (χ1) is 13.1. The van der Waals surface area contributed by atoms with E-state index in [4.69, 9.17) is 27.4 Å². The first-order valence-corrected chi connectivity index (χ1v) is 8.57. The number of hydrogen-bond donors (Lipinski definition) is 8. The molecule has 0 aliphatic carbocycles. The molecule has 0 saturated carbocycles. The summed E-state index contributed by atoms with van der Waals surface area (Å²) in [6.07, 6.45) is 0.619. The molecule has 28 heavy (non-hydrogen) atoms. The first-order valence-electron chi connectivity index (χ1n) is 8.57. The lowest BCUT2D eigenvalue weighted by atomic mass is 10.1. The number of aliphatic hydroxyl groups is 1. The van der Waals surface area contributed by atoms with Crippen LogP contribution in [0, 0.1) is 0 Å². The molecule has 0 fully saturated rings. The summed E-state index contributed by atoms with van der Waals surface area (Å²) in [5, 5.41) is 24.2. The molecule has 3 atom stereocenters. The standard InChI is InChI=1S/C15H28N6O7/c16-4-2-1-3-9(20-13(26)8(17)7-22)15(28)21-10(5-11(18)23)14(27)19-6-12(24)25/h8-10,22H,1-7,16-17H2,(H2,18,23)(H,19,27)(H,20,26)(H,21,28)(H,24,25). The molecule has 160 valence electrons. The van der Waals surface area contributed by atoms with Crippen molar-refractivity contribution in [2.75, 3.05) is 19.7 Å². The summed E-state index contributed by atoms with van der Waals surface area (Å²) < 4.78 is 0. The Labute approximate surface area is 161 Å². The molecule has 0 aliphatic rings. The van der Waals surface area contributed by atoms with Crippen LogP contribution in [0.15, 0.2) is 0 Å². The Hall–Kier alpha value is -2.77. The lowest BCUT2D eigenvalue weighted by Crippen LogP contribution is -2.57. The van der Waals surface area contributed by atoms with Crippen LogP contribution in [0.1, 0.15) is 25.7 Å². The number of hydrogen-bond acceptors (Lipinski definition) is 8. The molecular weight excluding hydrogens is 376 g/mol. The number of aliphatic carboxylic acids is 1. The highest BCUT2D eigenvalue weighted by atomic mass is 16.4. The van der Waals surface area contributed by atoms with Gasteiger partial charge in [-0.25, -0.2) is 0 Å². The number of unbranched alkanes of at least 4 members (excludes halogenated alkanes) is 1. The van der Waals surface area contributed by atoms with Crippen molar-refractivity contribution in [2.45, 2.75) is 43.8 Å². The van der Waals surface area contributed by atoms with Crippen molar-refractivity contribution in [3.05, 3.63) is 0 Å². The molecule has 0 aromatic carbocycles. The predicted octanol–water partition coefficient (Wildman–Crippen LogP) is -4.52. The molecule has 13 heteroatoms. The van der Waals surface area contributed by atoms with E-state index in [-0.39, 0.29) is 6.42 Å². The summed E-state index contributed by atoms with van der Waals surface area (Å²) in [6.45, 7) is -0.989. The molecule has 0 rings (SSSR count). The van der Waals surface area contributed by atoms with Crippen LogP contribution in [-0.2, 0) is 24.0 Å². The number of carbonyl (C=O) groups excluding carboxylic acids is 4. The van der Waals surface area contributed by atoms with Gasteiger partial charge in [-0.1, -0.05) is 0 Å². The second-order valence-electron chi connectivity index (χ2n) is 5.98. The van der Waals surface area contributed by atoms with E-state index in [0.29, 0.717) is 19.4 Å². The van der Waals surface area contributed by atoms with Crippen molar-refractivity contribution in [3.8, 4) is 0 Å². The number of aliphatic hydroxyl groups excluding tert-OH is 1. The molecule has 0 bridgehead atoms. The van der Waals surface area contributed by atoms with Gasteiger partial charge in [0, 0.05) is 0 Å². The van der Waals surface area contributed by atoms with Crippen molar-refractivity contribution in [1.29, 1.82) is 0 Å². The molecule has 0 heterocycles. The molecule has 11 N–H and O–H groups in total. The van der Waals surface area contributed by atoms with Gasteiger partial charge in [0.1, 0.15) is 24.7 Å². The van der Waals surface area contributed by atoms with Gasteiger partial charge in [0.2, 0.25) is 23.6 Å². The Kier molecular flexibility index (Phi) is 12.1. The second kappa shape index (κ2) is 13.4. The molecule has 0 saturated heterocycles. The van der Waals surface area contributed by atoms with Crippen LogP contribution < -0.4 is 33.2 Å². The van der Waals surface area contributed by atoms with Crippen LogP contribution in [0.4, 0.5) is 0 Å². The maximum absolute atomic E-state index is 12.5. The number of nitrogens with one attached hydrogen (secondary N) is 3. The molecule has 0 aromatic rings. The Balaban J connectivity index is 5.18. The maximum Gasteiger partial charge on any atom is 0.322 e. The smallest absolute Gasteiger partial charge is 0.322 e. The highest BCUT2D eigenvalue weighted by molar-refractivity contribution is 5.95. The van der Waals surface area contributed by atoms with E-state index in [9.17, 15) is 24.0 Å². The zero-order chi connectivity index (χ0) is 21.7. The van der Waals surface area contributed by atoms with Crippen LogP contribution in [0.3, 0.4) is 0 Å². The summed E-state index contributed by atoms with van der Waals surface area (Å²) >= 11 is 0. The highest BCUT2D eigenvalue weighted by Gasteiger charge is 2.28. The fraction of sp³-hybridized carbons (Fsp3) is 0.667. The van der Waals surface area contributed by atoms with Gasteiger partial charge < -0.3 is 43.4 Å². The maximum atomic E-state index is 12.5. The highest BCUT2D eigenvalue weighted by Crippen LogP contribution is 2.03. The Morgan fingerprint density at radius 2 is 1.54 bits per heavy atom. The average molecular weight is 404 g/mol. The number of carbonyl (C=O) groups is 5. The van der Waals surface area contributed by atoms with Crippen molar-refractivity contribution >= 4 is 29.6 Å². The normalized spacial score (nSPS) is 13.7. The third-order valence-corrected chi connectivity index (χ3v) is 3.57. The molecule has 0 radical (unpaired) electrons. The minimum atomic E-state index is -1.43. The molecule has 13 nitrogen and oxygen atoms in total. The summed E-state index contributed by atoms with van der Waals surface area (Å²) in [6, 6.07) is -3.78. The fourth-order valence-corrected chi connectivity index (χ4v) is 2.09. The van der Waals surface area contributed by atoms with Crippen molar-refractivity contribution in [3.63, 3.8) is 0 Å². The largest absolute Gasteiger partial charge is 0.480 e. The Bertz CT molecular complexity index is 571. The number of amides is 4. The summed E-state index contributed by atoms with van der Waals surface area (Å²) in [7, 11) is 0. The van der Waals surface area contributed by atoms with E-state index in [0.717, 1.165) is 0 Å². The van der Waals surface area contributed by atoms with Gasteiger partial charge in [-0.15, -0.1) is 0 Å². The summed E-state index contributed by atoms with van der Waals surface area (Å²) in [5.74, 6) is -4.72. The van der Waals surface area contributed by atoms with Crippen LogP contribution in [0.2, 0.25) is 0 Å². The number of carboxylic acid groups (broad SMARTS) is 1. The van der Waals surface area contributed by atoms with Gasteiger partial charge in [-0.3, -0.25) is 24.0 Å². The van der Waals surface area contributed by atoms with Crippen molar-refractivity contribution < 1.29 is 34.2 Å². The van der Waals surface area contributed by atoms with E-state index in [1.165, 1.54) is 0 Å². The van der Waals surface area contributed by atoms with Crippen molar-refractivity contribution in [1.82, 2.24) is 16.0 Å². The molecule has 0 aliphatic heterocycles. The topological polar surface area (TPSA) is 240 Å². The lowest BCUT2D eigenvalue weighted by Gasteiger charge is -2.23. The SMILES string of the molecule is NCCCCC(NC(=O)C(N)CO)C(=O)NC(CC(N)=O)C(=O)NCC(=O)O. The lowest BCUT2D eigenvalue weighted by molar-refractivity contribution is -0.138.